The van der Waals surface area contributed by atoms with Gasteiger partial charge in [-0.25, -0.2) is 0 Å². The van der Waals surface area contributed by atoms with Gasteiger partial charge in [-0.1, -0.05) is 26.0 Å². The van der Waals surface area contributed by atoms with Crippen molar-refractivity contribution in [2.45, 2.75) is 26.3 Å². The molecule has 4 heteroatoms. The topological polar surface area (TPSA) is 44.5 Å². The van der Waals surface area contributed by atoms with Crippen molar-refractivity contribution in [2.75, 3.05) is 13.9 Å². The Balaban J connectivity index is 0.00000225. The van der Waals surface area contributed by atoms with Crippen molar-refractivity contribution in [3.63, 3.8) is 0 Å². The summed E-state index contributed by atoms with van der Waals surface area (Å²) < 4.78 is 10.3. The first kappa shape index (κ1) is 15.2. The maximum absolute atomic E-state index is 5.63. The van der Waals surface area contributed by atoms with Gasteiger partial charge in [0.1, 0.15) is 5.75 Å². The maximum Gasteiger partial charge on any atom is 0.188 e. The van der Waals surface area contributed by atoms with E-state index in [2.05, 4.69) is 19.9 Å². The molecule has 0 atom stereocenters. The van der Waals surface area contributed by atoms with E-state index in [1.165, 1.54) is 5.56 Å². The van der Waals surface area contributed by atoms with Gasteiger partial charge in [0.15, 0.2) is 6.79 Å². The monoisotopic (exact) mass is 245 g/mol. The van der Waals surface area contributed by atoms with Gasteiger partial charge in [0, 0.05) is 19.2 Å². The molecule has 2 N–H and O–H groups in total. The van der Waals surface area contributed by atoms with Crippen LogP contribution in [-0.2, 0) is 11.3 Å². The van der Waals surface area contributed by atoms with Crippen molar-refractivity contribution in [1.82, 2.24) is 0 Å². The van der Waals surface area contributed by atoms with Crippen LogP contribution in [0.25, 0.3) is 0 Å². The molecule has 0 aliphatic rings. The van der Waals surface area contributed by atoms with Crippen LogP contribution in [-0.4, -0.2) is 13.9 Å². The number of hydrogen-bond donors (Lipinski definition) is 1. The molecular weight excluding hydrogens is 226 g/mol. The highest BCUT2D eigenvalue weighted by Crippen LogP contribution is 2.24. The Morgan fingerprint density at radius 2 is 2.00 bits per heavy atom. The SMILES string of the molecule is COCOc1cc(C(C)C)ccc1CN.Cl. The summed E-state index contributed by atoms with van der Waals surface area (Å²) in [4.78, 5) is 0. The highest BCUT2D eigenvalue weighted by molar-refractivity contribution is 5.85. The van der Waals surface area contributed by atoms with E-state index in [1.807, 2.05) is 12.1 Å². The molecule has 0 aromatic heterocycles. The first-order valence-electron chi connectivity index (χ1n) is 5.13. The molecule has 1 aromatic carbocycles. The quantitative estimate of drug-likeness (QED) is 0.812. The Morgan fingerprint density at radius 1 is 1.31 bits per heavy atom. The molecule has 0 aliphatic carbocycles. The van der Waals surface area contributed by atoms with E-state index in [4.69, 9.17) is 15.2 Å². The van der Waals surface area contributed by atoms with E-state index in [-0.39, 0.29) is 19.2 Å². The fourth-order valence-corrected chi connectivity index (χ4v) is 1.36. The lowest BCUT2D eigenvalue weighted by Gasteiger charge is -2.13. The van der Waals surface area contributed by atoms with Crippen LogP contribution in [0.5, 0.6) is 5.75 Å². The first-order valence-corrected chi connectivity index (χ1v) is 5.13. The Morgan fingerprint density at radius 3 is 2.50 bits per heavy atom. The van der Waals surface area contributed by atoms with Crippen molar-refractivity contribution in [3.05, 3.63) is 29.3 Å². The second-order valence-electron chi connectivity index (χ2n) is 3.78. The molecule has 0 spiro atoms. The summed E-state index contributed by atoms with van der Waals surface area (Å²) >= 11 is 0. The number of ether oxygens (including phenoxy) is 2. The van der Waals surface area contributed by atoms with Crippen LogP contribution in [0.1, 0.15) is 30.9 Å². The third-order valence-corrected chi connectivity index (χ3v) is 2.31. The van der Waals surface area contributed by atoms with Crippen LogP contribution >= 0.6 is 12.4 Å². The number of methoxy groups -OCH3 is 1. The molecule has 0 unspecified atom stereocenters. The number of halogens is 1. The molecule has 16 heavy (non-hydrogen) atoms. The van der Waals surface area contributed by atoms with Crippen molar-refractivity contribution in [1.29, 1.82) is 0 Å². The zero-order valence-corrected chi connectivity index (χ0v) is 10.8. The van der Waals surface area contributed by atoms with Gasteiger partial charge in [-0.05, 0) is 17.5 Å². The lowest BCUT2D eigenvalue weighted by Crippen LogP contribution is -2.05. The normalized spacial score (nSPS) is 10.1. The van der Waals surface area contributed by atoms with E-state index in [0.29, 0.717) is 12.5 Å². The van der Waals surface area contributed by atoms with Gasteiger partial charge in [0.25, 0.3) is 0 Å². The van der Waals surface area contributed by atoms with Crippen molar-refractivity contribution in [2.24, 2.45) is 5.73 Å². The Bertz CT molecular complexity index is 316. The second-order valence-corrected chi connectivity index (χ2v) is 3.78. The molecule has 3 nitrogen and oxygen atoms in total. The van der Waals surface area contributed by atoms with Gasteiger partial charge in [0.05, 0.1) is 0 Å². The molecule has 92 valence electrons. The first-order chi connectivity index (χ1) is 7.19. The Labute approximate surface area is 103 Å². The summed E-state index contributed by atoms with van der Waals surface area (Å²) in [5.41, 5.74) is 7.89. The zero-order valence-electron chi connectivity index (χ0n) is 10.0. The summed E-state index contributed by atoms with van der Waals surface area (Å²) in [6.07, 6.45) is 0. The molecule has 1 rings (SSSR count). The van der Waals surface area contributed by atoms with Crippen LogP contribution in [0.3, 0.4) is 0 Å². The van der Waals surface area contributed by atoms with Crippen LogP contribution in [0, 0.1) is 0 Å². The fourth-order valence-electron chi connectivity index (χ4n) is 1.36. The molecule has 0 bridgehead atoms. The van der Waals surface area contributed by atoms with E-state index < -0.39 is 0 Å². The van der Waals surface area contributed by atoms with E-state index in [0.717, 1.165) is 11.3 Å². The molecule has 1 aromatic rings. The average molecular weight is 246 g/mol. The summed E-state index contributed by atoms with van der Waals surface area (Å²) in [6, 6.07) is 6.14. The van der Waals surface area contributed by atoms with Crippen molar-refractivity contribution in [3.8, 4) is 5.75 Å². The Kier molecular flexibility index (Phi) is 7.13. The van der Waals surface area contributed by atoms with E-state index in [1.54, 1.807) is 7.11 Å². The van der Waals surface area contributed by atoms with E-state index in [9.17, 15) is 0 Å². The lowest BCUT2D eigenvalue weighted by atomic mass is 10.0. The van der Waals surface area contributed by atoms with Gasteiger partial charge in [-0.15, -0.1) is 12.4 Å². The second kappa shape index (κ2) is 7.49. The maximum atomic E-state index is 5.63. The third-order valence-electron chi connectivity index (χ3n) is 2.31. The highest BCUT2D eigenvalue weighted by atomic mass is 35.5. The molecular formula is C12H20ClNO2. The Hall–Kier alpha value is -0.770. The smallest absolute Gasteiger partial charge is 0.188 e. The van der Waals surface area contributed by atoms with Gasteiger partial charge < -0.3 is 15.2 Å². The standard InChI is InChI=1S/C12H19NO2.ClH/c1-9(2)10-4-5-11(7-13)12(6-10)15-8-14-3;/h4-6,9H,7-8,13H2,1-3H3;1H. The van der Waals surface area contributed by atoms with Crippen molar-refractivity contribution >= 4 is 12.4 Å². The molecule has 0 fully saturated rings. The molecule has 0 saturated heterocycles. The summed E-state index contributed by atoms with van der Waals surface area (Å²) in [5, 5.41) is 0. The minimum Gasteiger partial charge on any atom is -0.467 e. The fraction of sp³-hybridized carbons (Fsp3) is 0.500. The molecule has 0 radical (unpaired) electrons. The number of nitrogens with two attached hydrogens (primary N) is 1. The minimum absolute atomic E-state index is 0. The minimum atomic E-state index is 0. The lowest BCUT2D eigenvalue weighted by molar-refractivity contribution is 0.0504. The van der Waals surface area contributed by atoms with Gasteiger partial charge in [0.2, 0.25) is 0 Å². The molecule has 0 amide bonds. The predicted molar refractivity (Wildman–Crippen MR) is 68.2 cm³/mol. The van der Waals surface area contributed by atoms with Crippen LogP contribution in [0.4, 0.5) is 0 Å². The number of hydrogen-bond acceptors (Lipinski definition) is 3. The predicted octanol–water partition coefficient (Wildman–Crippen LogP) is 2.67. The number of rotatable bonds is 5. The average Bonchev–Trinajstić information content (AvgIpc) is 2.25. The van der Waals surface area contributed by atoms with Crippen LogP contribution < -0.4 is 10.5 Å². The zero-order chi connectivity index (χ0) is 11.3. The third kappa shape index (κ3) is 4.00. The van der Waals surface area contributed by atoms with Crippen LogP contribution in [0.2, 0.25) is 0 Å². The largest absolute Gasteiger partial charge is 0.467 e. The summed E-state index contributed by atoms with van der Waals surface area (Å²) in [6.45, 7) is 5.04. The van der Waals surface area contributed by atoms with Crippen LogP contribution in [0.15, 0.2) is 18.2 Å². The highest BCUT2D eigenvalue weighted by Gasteiger charge is 2.06. The summed E-state index contributed by atoms with van der Waals surface area (Å²) in [5.74, 6) is 1.31. The molecule has 0 aliphatic heterocycles. The molecule has 0 heterocycles. The van der Waals surface area contributed by atoms with Gasteiger partial charge in [-0.2, -0.15) is 0 Å². The van der Waals surface area contributed by atoms with Crippen molar-refractivity contribution < 1.29 is 9.47 Å². The van der Waals surface area contributed by atoms with Gasteiger partial charge in [-0.3, -0.25) is 0 Å². The summed E-state index contributed by atoms with van der Waals surface area (Å²) in [7, 11) is 1.61. The number of benzene rings is 1. The van der Waals surface area contributed by atoms with Gasteiger partial charge >= 0.3 is 0 Å². The molecule has 0 saturated carbocycles. The van der Waals surface area contributed by atoms with E-state index >= 15 is 0 Å².